The van der Waals surface area contributed by atoms with E-state index in [1.54, 1.807) is 18.0 Å². The first-order valence-corrected chi connectivity index (χ1v) is 5.79. The van der Waals surface area contributed by atoms with Gasteiger partial charge in [-0.3, -0.25) is 0 Å². The summed E-state index contributed by atoms with van der Waals surface area (Å²) in [6.45, 7) is 1.15. The molecule has 1 fully saturated rings. The number of aromatic nitrogens is 2. The van der Waals surface area contributed by atoms with Crippen LogP contribution in [0.3, 0.4) is 0 Å². The largest absolute Gasteiger partial charge is 0.340 e. The average Bonchev–Trinajstić information content (AvgIpc) is 2.81. The highest BCUT2D eigenvalue weighted by atomic mass is 32.2. The van der Waals surface area contributed by atoms with Crippen molar-refractivity contribution in [2.45, 2.75) is 30.5 Å². The molecule has 1 aromatic heterocycles. The van der Waals surface area contributed by atoms with Crippen molar-refractivity contribution < 1.29 is 0 Å². The molecule has 0 saturated heterocycles. The Balaban J connectivity index is 1.48. The van der Waals surface area contributed by atoms with Gasteiger partial charge in [0.1, 0.15) is 0 Å². The van der Waals surface area contributed by atoms with Crippen molar-refractivity contribution in [3.8, 4) is 0 Å². The molecular weight excluding hydrogens is 182 g/mol. The third-order valence-electron chi connectivity index (χ3n) is 2.04. The van der Waals surface area contributed by atoms with E-state index in [1.807, 2.05) is 6.20 Å². The van der Waals surface area contributed by atoms with E-state index in [0.29, 0.717) is 0 Å². The second-order valence-electron chi connectivity index (χ2n) is 3.32. The third-order valence-corrected chi connectivity index (χ3v) is 3.03. The molecule has 2 rings (SSSR count). The molecule has 13 heavy (non-hydrogen) atoms. The van der Waals surface area contributed by atoms with Crippen molar-refractivity contribution >= 4 is 11.8 Å². The van der Waals surface area contributed by atoms with Gasteiger partial charge < -0.3 is 10.3 Å². The molecule has 0 atom stereocenters. The van der Waals surface area contributed by atoms with E-state index in [2.05, 4.69) is 15.3 Å². The quantitative estimate of drug-likeness (QED) is 0.538. The second kappa shape index (κ2) is 4.67. The number of imidazole rings is 1. The molecule has 1 heterocycles. The van der Waals surface area contributed by atoms with Crippen LogP contribution in [0.1, 0.15) is 19.3 Å². The standard InChI is InChI=1S/C9H15N3S/c1(4-10-8-2-3-8)7-13-9-11-5-6-12-9/h5-6,8,10H,1-4,7H2,(H,11,12). The van der Waals surface area contributed by atoms with E-state index in [4.69, 9.17) is 0 Å². The van der Waals surface area contributed by atoms with Crippen LogP contribution >= 0.6 is 11.8 Å². The third kappa shape index (κ3) is 3.40. The highest BCUT2D eigenvalue weighted by Crippen LogP contribution is 2.18. The van der Waals surface area contributed by atoms with Crippen LogP contribution in [0.25, 0.3) is 0 Å². The van der Waals surface area contributed by atoms with E-state index in [0.717, 1.165) is 23.5 Å². The highest BCUT2D eigenvalue weighted by molar-refractivity contribution is 7.99. The normalized spacial score (nSPS) is 16.3. The molecule has 0 spiro atoms. The first-order chi connectivity index (χ1) is 6.45. The summed E-state index contributed by atoms with van der Waals surface area (Å²) in [7, 11) is 0. The molecule has 2 N–H and O–H groups in total. The molecule has 1 aliphatic rings. The van der Waals surface area contributed by atoms with Crippen LogP contribution in [-0.2, 0) is 0 Å². The topological polar surface area (TPSA) is 40.7 Å². The summed E-state index contributed by atoms with van der Waals surface area (Å²) in [6, 6.07) is 0.841. The molecule has 1 saturated carbocycles. The molecule has 4 heteroatoms. The van der Waals surface area contributed by atoms with Gasteiger partial charge in [0.2, 0.25) is 0 Å². The molecule has 0 aliphatic heterocycles. The number of hydrogen-bond acceptors (Lipinski definition) is 3. The van der Waals surface area contributed by atoms with Crippen LogP contribution in [0.2, 0.25) is 0 Å². The van der Waals surface area contributed by atoms with Crippen molar-refractivity contribution in [3.63, 3.8) is 0 Å². The Kier molecular flexibility index (Phi) is 3.27. The number of rotatable bonds is 6. The van der Waals surface area contributed by atoms with Gasteiger partial charge in [-0.25, -0.2) is 4.98 Å². The van der Waals surface area contributed by atoms with Gasteiger partial charge in [0.25, 0.3) is 0 Å². The van der Waals surface area contributed by atoms with Crippen molar-refractivity contribution in [1.29, 1.82) is 0 Å². The molecule has 1 aromatic rings. The van der Waals surface area contributed by atoms with Gasteiger partial charge in [-0.2, -0.15) is 0 Å². The molecule has 1 aliphatic carbocycles. The maximum atomic E-state index is 4.15. The Morgan fingerprint density at radius 3 is 3.23 bits per heavy atom. The number of nitrogens with zero attached hydrogens (tertiary/aromatic N) is 1. The molecule has 3 nitrogen and oxygen atoms in total. The van der Waals surface area contributed by atoms with E-state index >= 15 is 0 Å². The summed E-state index contributed by atoms with van der Waals surface area (Å²) in [4.78, 5) is 7.23. The van der Waals surface area contributed by atoms with Crippen LogP contribution in [0.5, 0.6) is 0 Å². The van der Waals surface area contributed by atoms with Crippen molar-refractivity contribution in [2.24, 2.45) is 0 Å². The lowest BCUT2D eigenvalue weighted by Gasteiger charge is -2.00. The fourth-order valence-corrected chi connectivity index (χ4v) is 1.93. The van der Waals surface area contributed by atoms with Crippen molar-refractivity contribution in [2.75, 3.05) is 12.3 Å². The number of H-pyrrole nitrogens is 1. The predicted molar refractivity (Wildman–Crippen MR) is 55.0 cm³/mol. The zero-order valence-corrected chi connectivity index (χ0v) is 8.44. The lowest BCUT2D eigenvalue weighted by molar-refractivity contribution is 0.674. The summed E-state index contributed by atoms with van der Waals surface area (Å²) < 4.78 is 0. The fraction of sp³-hybridized carbons (Fsp3) is 0.667. The highest BCUT2D eigenvalue weighted by Gasteiger charge is 2.19. The zero-order valence-electron chi connectivity index (χ0n) is 7.62. The number of nitrogens with one attached hydrogen (secondary N) is 2. The summed E-state index contributed by atoms with van der Waals surface area (Å²) in [5.74, 6) is 1.15. The van der Waals surface area contributed by atoms with Crippen molar-refractivity contribution in [1.82, 2.24) is 15.3 Å². The van der Waals surface area contributed by atoms with E-state index in [1.165, 1.54) is 19.3 Å². The van der Waals surface area contributed by atoms with E-state index < -0.39 is 0 Å². The van der Waals surface area contributed by atoms with Gasteiger partial charge in [0.15, 0.2) is 5.16 Å². The first-order valence-electron chi connectivity index (χ1n) is 4.81. The Bertz CT molecular complexity index is 231. The first kappa shape index (κ1) is 9.09. The van der Waals surface area contributed by atoms with Gasteiger partial charge in [-0.15, -0.1) is 0 Å². The lowest BCUT2D eigenvalue weighted by atomic mass is 10.5. The minimum absolute atomic E-state index is 0.841. The Morgan fingerprint density at radius 1 is 1.62 bits per heavy atom. The summed E-state index contributed by atoms with van der Waals surface area (Å²) >= 11 is 1.79. The summed E-state index contributed by atoms with van der Waals surface area (Å²) in [5.41, 5.74) is 0. The molecule has 72 valence electrons. The van der Waals surface area contributed by atoms with Gasteiger partial charge in [0.05, 0.1) is 0 Å². The molecule has 0 amide bonds. The Labute approximate surface area is 82.7 Å². The molecule has 0 aromatic carbocycles. The SMILES string of the molecule is c1c[nH]c(SCCCNC2CC2)n1. The van der Waals surface area contributed by atoms with Crippen LogP contribution in [0.4, 0.5) is 0 Å². The molecule has 0 unspecified atom stereocenters. The molecule has 0 bridgehead atoms. The average molecular weight is 197 g/mol. The molecular formula is C9H15N3S. The van der Waals surface area contributed by atoms with Gasteiger partial charge >= 0.3 is 0 Å². The van der Waals surface area contributed by atoms with Crippen LogP contribution in [-0.4, -0.2) is 28.3 Å². The number of aromatic amines is 1. The van der Waals surface area contributed by atoms with E-state index in [9.17, 15) is 0 Å². The lowest BCUT2D eigenvalue weighted by Crippen LogP contribution is -2.17. The zero-order chi connectivity index (χ0) is 8.93. The maximum absolute atomic E-state index is 4.15. The number of hydrogen-bond donors (Lipinski definition) is 2. The maximum Gasteiger partial charge on any atom is 0.165 e. The minimum atomic E-state index is 0.841. The van der Waals surface area contributed by atoms with Crippen molar-refractivity contribution in [3.05, 3.63) is 12.4 Å². The van der Waals surface area contributed by atoms with Gasteiger partial charge in [-0.05, 0) is 25.8 Å². The second-order valence-corrected chi connectivity index (χ2v) is 4.41. The Hall–Kier alpha value is -0.480. The smallest absolute Gasteiger partial charge is 0.165 e. The van der Waals surface area contributed by atoms with Crippen LogP contribution in [0.15, 0.2) is 17.6 Å². The summed E-state index contributed by atoms with van der Waals surface area (Å²) in [5, 5.41) is 4.53. The molecule has 0 radical (unpaired) electrons. The fourth-order valence-electron chi connectivity index (χ4n) is 1.16. The monoisotopic (exact) mass is 197 g/mol. The van der Waals surface area contributed by atoms with E-state index in [-0.39, 0.29) is 0 Å². The van der Waals surface area contributed by atoms with Gasteiger partial charge in [-0.1, -0.05) is 11.8 Å². The van der Waals surface area contributed by atoms with Crippen LogP contribution in [0, 0.1) is 0 Å². The predicted octanol–water partition coefficient (Wildman–Crippen LogP) is 1.64. The minimum Gasteiger partial charge on any atom is -0.340 e. The van der Waals surface area contributed by atoms with Crippen LogP contribution < -0.4 is 5.32 Å². The Morgan fingerprint density at radius 2 is 2.54 bits per heavy atom. The van der Waals surface area contributed by atoms with Gasteiger partial charge in [0, 0.05) is 24.2 Å². The summed E-state index contributed by atoms with van der Waals surface area (Å²) in [6.07, 6.45) is 7.65. The number of thioether (sulfide) groups is 1.